The molecule has 1 aromatic carbocycles. The third-order valence-electron chi connectivity index (χ3n) is 4.41. The number of carbonyl (C=O) groups excluding carboxylic acids is 1. The number of aryl methyl sites for hydroxylation is 1. The predicted octanol–water partition coefficient (Wildman–Crippen LogP) is 1.97. The Morgan fingerprint density at radius 3 is 2.70 bits per heavy atom. The SMILES string of the molecule is COc1ccc2sc(C(=O)N3CCN(CCO)CC3)c(C)c2c1. The molecule has 0 saturated carbocycles. The molecule has 0 spiro atoms. The summed E-state index contributed by atoms with van der Waals surface area (Å²) in [7, 11) is 1.65. The molecule has 2 aromatic rings. The number of ether oxygens (including phenoxy) is 1. The molecule has 1 aliphatic heterocycles. The average Bonchev–Trinajstić information content (AvgIpc) is 2.91. The Kier molecular flexibility index (Phi) is 4.84. The second kappa shape index (κ2) is 6.86. The predicted molar refractivity (Wildman–Crippen MR) is 92.5 cm³/mol. The summed E-state index contributed by atoms with van der Waals surface area (Å²) in [5, 5.41) is 10.1. The van der Waals surface area contributed by atoms with E-state index in [1.807, 2.05) is 30.0 Å². The van der Waals surface area contributed by atoms with Crippen molar-refractivity contribution in [3.63, 3.8) is 0 Å². The quantitative estimate of drug-likeness (QED) is 0.929. The number of aliphatic hydroxyl groups is 1. The van der Waals surface area contributed by atoms with Gasteiger partial charge in [0.15, 0.2) is 0 Å². The van der Waals surface area contributed by atoms with Gasteiger partial charge in [-0.1, -0.05) is 0 Å². The molecule has 23 heavy (non-hydrogen) atoms. The highest BCUT2D eigenvalue weighted by Gasteiger charge is 2.25. The molecular formula is C17H22N2O3S. The molecular weight excluding hydrogens is 312 g/mol. The van der Waals surface area contributed by atoms with E-state index in [2.05, 4.69) is 4.90 Å². The molecule has 1 fully saturated rings. The van der Waals surface area contributed by atoms with Gasteiger partial charge in [-0.2, -0.15) is 0 Å². The van der Waals surface area contributed by atoms with E-state index >= 15 is 0 Å². The number of benzene rings is 1. The molecule has 5 nitrogen and oxygen atoms in total. The lowest BCUT2D eigenvalue weighted by molar-refractivity contribution is 0.0619. The lowest BCUT2D eigenvalue weighted by Crippen LogP contribution is -2.49. The molecule has 1 saturated heterocycles. The number of thiophene rings is 1. The van der Waals surface area contributed by atoms with Crippen LogP contribution in [0.15, 0.2) is 18.2 Å². The summed E-state index contributed by atoms with van der Waals surface area (Å²) in [6, 6.07) is 5.94. The maximum Gasteiger partial charge on any atom is 0.264 e. The van der Waals surface area contributed by atoms with Crippen LogP contribution >= 0.6 is 11.3 Å². The Morgan fingerprint density at radius 2 is 2.04 bits per heavy atom. The van der Waals surface area contributed by atoms with E-state index in [1.54, 1.807) is 18.4 Å². The van der Waals surface area contributed by atoms with Gasteiger partial charge in [-0.15, -0.1) is 11.3 Å². The van der Waals surface area contributed by atoms with E-state index in [0.29, 0.717) is 6.54 Å². The number of nitrogens with zero attached hydrogens (tertiary/aromatic N) is 2. The van der Waals surface area contributed by atoms with E-state index in [9.17, 15) is 4.79 Å². The van der Waals surface area contributed by atoms with E-state index < -0.39 is 0 Å². The zero-order valence-electron chi connectivity index (χ0n) is 13.5. The van der Waals surface area contributed by atoms with Crippen molar-refractivity contribution in [3.05, 3.63) is 28.6 Å². The Balaban J connectivity index is 1.80. The number of methoxy groups -OCH3 is 1. The number of rotatable bonds is 4. The van der Waals surface area contributed by atoms with Crippen LogP contribution in [0.5, 0.6) is 5.75 Å². The zero-order valence-corrected chi connectivity index (χ0v) is 14.4. The summed E-state index contributed by atoms with van der Waals surface area (Å²) in [5.74, 6) is 0.932. The number of β-amino-alcohol motifs (C(OH)–C–C–N with tert-alkyl or cyclic N) is 1. The molecule has 1 aliphatic rings. The lowest BCUT2D eigenvalue weighted by Gasteiger charge is -2.34. The minimum Gasteiger partial charge on any atom is -0.497 e. The van der Waals surface area contributed by atoms with Gasteiger partial charge in [-0.25, -0.2) is 0 Å². The van der Waals surface area contributed by atoms with Crippen molar-refractivity contribution < 1.29 is 14.6 Å². The Morgan fingerprint density at radius 1 is 1.30 bits per heavy atom. The van der Waals surface area contributed by atoms with Crippen LogP contribution < -0.4 is 4.74 Å². The fourth-order valence-electron chi connectivity index (χ4n) is 2.99. The molecule has 6 heteroatoms. The number of hydrogen-bond acceptors (Lipinski definition) is 5. The highest BCUT2D eigenvalue weighted by Crippen LogP contribution is 2.34. The van der Waals surface area contributed by atoms with Gasteiger partial charge in [0, 0.05) is 37.4 Å². The van der Waals surface area contributed by atoms with Crippen LogP contribution in [0, 0.1) is 6.92 Å². The highest BCUT2D eigenvalue weighted by molar-refractivity contribution is 7.21. The van der Waals surface area contributed by atoms with Gasteiger partial charge in [-0.3, -0.25) is 9.69 Å². The first kappa shape index (κ1) is 16.2. The fourth-order valence-corrected chi connectivity index (χ4v) is 4.15. The summed E-state index contributed by atoms with van der Waals surface area (Å²) in [6.07, 6.45) is 0. The molecule has 0 atom stereocenters. The summed E-state index contributed by atoms with van der Waals surface area (Å²) in [4.78, 5) is 17.8. The number of fused-ring (bicyclic) bond motifs is 1. The summed E-state index contributed by atoms with van der Waals surface area (Å²) < 4.78 is 6.40. The molecule has 0 bridgehead atoms. The second-order valence-electron chi connectivity index (χ2n) is 5.78. The first-order chi connectivity index (χ1) is 11.1. The third kappa shape index (κ3) is 3.20. The first-order valence-electron chi connectivity index (χ1n) is 7.83. The minimum absolute atomic E-state index is 0.117. The molecule has 124 valence electrons. The number of piperazine rings is 1. The van der Waals surface area contributed by atoms with Gasteiger partial charge < -0.3 is 14.7 Å². The maximum absolute atomic E-state index is 12.8. The van der Waals surface area contributed by atoms with Gasteiger partial charge in [0.25, 0.3) is 5.91 Å². The highest BCUT2D eigenvalue weighted by atomic mass is 32.1. The van der Waals surface area contributed by atoms with Gasteiger partial charge in [0.1, 0.15) is 5.75 Å². The molecule has 1 N–H and O–H groups in total. The van der Waals surface area contributed by atoms with Crippen molar-refractivity contribution in [3.8, 4) is 5.75 Å². The van der Waals surface area contributed by atoms with Crippen LogP contribution in [0.2, 0.25) is 0 Å². The number of hydrogen-bond donors (Lipinski definition) is 1. The van der Waals surface area contributed by atoms with E-state index in [0.717, 1.165) is 52.5 Å². The van der Waals surface area contributed by atoms with Crippen LogP contribution in [0.4, 0.5) is 0 Å². The molecule has 3 rings (SSSR count). The number of carbonyl (C=O) groups is 1. The topological polar surface area (TPSA) is 53.0 Å². The van der Waals surface area contributed by atoms with Crippen molar-refractivity contribution >= 4 is 27.3 Å². The monoisotopic (exact) mass is 334 g/mol. The van der Waals surface area contributed by atoms with E-state index in [4.69, 9.17) is 9.84 Å². The van der Waals surface area contributed by atoms with Gasteiger partial charge in [0.05, 0.1) is 18.6 Å². The summed E-state index contributed by atoms with van der Waals surface area (Å²) in [6.45, 7) is 5.95. The molecule has 1 aromatic heterocycles. The smallest absolute Gasteiger partial charge is 0.264 e. The lowest BCUT2D eigenvalue weighted by atomic mass is 10.1. The Bertz CT molecular complexity index is 705. The van der Waals surface area contributed by atoms with Crippen LogP contribution in [0.1, 0.15) is 15.2 Å². The molecule has 0 unspecified atom stereocenters. The van der Waals surface area contributed by atoms with Crippen molar-refractivity contribution in [2.45, 2.75) is 6.92 Å². The van der Waals surface area contributed by atoms with E-state index in [1.165, 1.54) is 0 Å². The van der Waals surface area contributed by atoms with E-state index in [-0.39, 0.29) is 12.5 Å². The van der Waals surface area contributed by atoms with Gasteiger partial charge in [0.2, 0.25) is 0 Å². The second-order valence-corrected chi connectivity index (χ2v) is 6.83. The van der Waals surface area contributed by atoms with Crippen LogP contribution in [-0.4, -0.2) is 67.3 Å². The Hall–Kier alpha value is -1.63. The summed E-state index contributed by atoms with van der Waals surface area (Å²) in [5.41, 5.74) is 1.03. The van der Waals surface area contributed by atoms with Crippen molar-refractivity contribution in [2.75, 3.05) is 46.4 Å². The number of aliphatic hydroxyl groups excluding tert-OH is 1. The molecule has 1 amide bonds. The maximum atomic E-state index is 12.8. The van der Waals surface area contributed by atoms with Gasteiger partial charge in [-0.05, 0) is 36.1 Å². The van der Waals surface area contributed by atoms with Gasteiger partial charge >= 0.3 is 0 Å². The molecule has 0 radical (unpaired) electrons. The van der Waals surface area contributed by atoms with Crippen molar-refractivity contribution in [1.82, 2.24) is 9.80 Å². The third-order valence-corrected chi connectivity index (χ3v) is 5.67. The zero-order chi connectivity index (χ0) is 16.4. The fraction of sp³-hybridized carbons (Fsp3) is 0.471. The van der Waals surface area contributed by atoms with Crippen molar-refractivity contribution in [1.29, 1.82) is 0 Å². The van der Waals surface area contributed by atoms with Crippen LogP contribution in [0.25, 0.3) is 10.1 Å². The molecule has 0 aliphatic carbocycles. The average molecular weight is 334 g/mol. The normalized spacial score (nSPS) is 16.0. The number of amides is 1. The first-order valence-corrected chi connectivity index (χ1v) is 8.65. The summed E-state index contributed by atoms with van der Waals surface area (Å²) >= 11 is 1.56. The Labute approximate surface area is 140 Å². The van der Waals surface area contributed by atoms with Crippen LogP contribution in [0.3, 0.4) is 0 Å². The molecule has 2 heterocycles. The van der Waals surface area contributed by atoms with Crippen LogP contribution in [-0.2, 0) is 0 Å². The van der Waals surface area contributed by atoms with Crippen molar-refractivity contribution in [2.24, 2.45) is 0 Å². The largest absolute Gasteiger partial charge is 0.497 e. The minimum atomic E-state index is 0.117. The standard InChI is InChI=1S/C17H22N2O3S/c1-12-14-11-13(22-2)3-4-15(14)23-16(12)17(21)19-7-5-18(6-8-19)9-10-20/h3-4,11,20H,5-10H2,1-2H3.